The zero-order valence-corrected chi connectivity index (χ0v) is 11.3. The van der Waals surface area contributed by atoms with Crippen molar-refractivity contribution < 1.29 is 14.6 Å². The summed E-state index contributed by atoms with van der Waals surface area (Å²) in [6, 6.07) is -0.301. The predicted molar refractivity (Wildman–Crippen MR) is 68.0 cm³/mol. The molecular weight excluding hydrogens is 220 g/mol. The van der Waals surface area contributed by atoms with Gasteiger partial charge in [0, 0.05) is 13.7 Å². The molecule has 102 valence electrons. The standard InChI is InChI=1S/C12H26N2O3/c1-5-10(6-2)11(15)7-13-12(16)14-9(3)8-17-4/h9-11,15H,5-8H2,1-4H3,(H2,13,14,16). The van der Waals surface area contributed by atoms with Gasteiger partial charge in [-0.05, 0) is 12.8 Å². The molecule has 3 N–H and O–H groups in total. The lowest BCUT2D eigenvalue weighted by Crippen LogP contribution is -2.45. The Morgan fingerprint density at radius 1 is 1.35 bits per heavy atom. The van der Waals surface area contributed by atoms with Crippen molar-refractivity contribution in [2.24, 2.45) is 5.92 Å². The first-order chi connectivity index (χ1) is 8.04. The van der Waals surface area contributed by atoms with E-state index in [9.17, 15) is 9.90 Å². The molecule has 5 heteroatoms. The van der Waals surface area contributed by atoms with Crippen LogP contribution in [0.2, 0.25) is 0 Å². The van der Waals surface area contributed by atoms with Gasteiger partial charge in [0.15, 0.2) is 0 Å². The maximum absolute atomic E-state index is 11.4. The number of aliphatic hydroxyl groups is 1. The quantitative estimate of drug-likeness (QED) is 0.601. The number of ether oxygens (including phenoxy) is 1. The molecule has 0 aliphatic carbocycles. The average molecular weight is 246 g/mol. The van der Waals surface area contributed by atoms with E-state index < -0.39 is 6.10 Å². The summed E-state index contributed by atoms with van der Waals surface area (Å²) in [7, 11) is 1.59. The van der Waals surface area contributed by atoms with Gasteiger partial charge >= 0.3 is 6.03 Å². The minimum absolute atomic E-state index is 0.0368. The minimum Gasteiger partial charge on any atom is -0.391 e. The predicted octanol–water partition coefficient (Wildman–Crippen LogP) is 1.12. The average Bonchev–Trinajstić information content (AvgIpc) is 2.28. The second-order valence-electron chi connectivity index (χ2n) is 4.35. The van der Waals surface area contributed by atoms with Crippen LogP contribution in [0.5, 0.6) is 0 Å². The Labute approximate surface area is 104 Å². The molecule has 0 saturated heterocycles. The number of amides is 2. The fourth-order valence-corrected chi connectivity index (χ4v) is 1.76. The van der Waals surface area contributed by atoms with Gasteiger partial charge in [-0.2, -0.15) is 0 Å². The van der Waals surface area contributed by atoms with Crippen LogP contribution in [0.3, 0.4) is 0 Å². The van der Waals surface area contributed by atoms with E-state index in [1.54, 1.807) is 7.11 Å². The number of hydrogen-bond donors (Lipinski definition) is 3. The van der Waals surface area contributed by atoms with Crippen LogP contribution in [0.4, 0.5) is 4.79 Å². The van der Waals surface area contributed by atoms with E-state index in [1.807, 2.05) is 20.8 Å². The molecule has 0 saturated carbocycles. The van der Waals surface area contributed by atoms with Crippen molar-refractivity contribution in [2.45, 2.75) is 45.8 Å². The van der Waals surface area contributed by atoms with Gasteiger partial charge in [-0.3, -0.25) is 0 Å². The number of hydrogen-bond acceptors (Lipinski definition) is 3. The van der Waals surface area contributed by atoms with Crippen LogP contribution in [-0.2, 0) is 4.74 Å². The Kier molecular flexibility index (Phi) is 8.80. The molecule has 2 atom stereocenters. The second kappa shape index (κ2) is 9.24. The van der Waals surface area contributed by atoms with E-state index in [-0.39, 0.29) is 24.5 Å². The number of nitrogens with one attached hydrogen (secondary N) is 2. The van der Waals surface area contributed by atoms with Gasteiger partial charge in [0.2, 0.25) is 0 Å². The second-order valence-corrected chi connectivity index (χ2v) is 4.35. The van der Waals surface area contributed by atoms with Crippen LogP contribution < -0.4 is 10.6 Å². The molecule has 0 rings (SSSR count). The molecular formula is C12H26N2O3. The summed E-state index contributed by atoms with van der Waals surface area (Å²) in [5.41, 5.74) is 0. The SMILES string of the molecule is CCC(CC)C(O)CNC(=O)NC(C)COC. The van der Waals surface area contributed by atoms with E-state index in [0.717, 1.165) is 12.8 Å². The topological polar surface area (TPSA) is 70.6 Å². The summed E-state index contributed by atoms with van der Waals surface area (Å²) in [6.45, 7) is 6.71. The van der Waals surface area contributed by atoms with Gasteiger partial charge in [0.05, 0.1) is 18.8 Å². The molecule has 0 aliphatic rings. The largest absolute Gasteiger partial charge is 0.391 e. The van der Waals surface area contributed by atoms with Crippen LogP contribution in [0.25, 0.3) is 0 Å². The number of rotatable bonds is 8. The van der Waals surface area contributed by atoms with Gasteiger partial charge in [0.1, 0.15) is 0 Å². The number of aliphatic hydroxyl groups excluding tert-OH is 1. The Hall–Kier alpha value is -0.810. The number of methoxy groups -OCH3 is 1. The van der Waals surface area contributed by atoms with Crippen molar-refractivity contribution in [1.82, 2.24) is 10.6 Å². The summed E-state index contributed by atoms with van der Waals surface area (Å²) >= 11 is 0. The first-order valence-corrected chi connectivity index (χ1v) is 6.26. The molecule has 17 heavy (non-hydrogen) atoms. The molecule has 2 unspecified atom stereocenters. The van der Waals surface area contributed by atoms with E-state index >= 15 is 0 Å². The molecule has 0 spiro atoms. The number of carbonyl (C=O) groups is 1. The highest BCUT2D eigenvalue weighted by molar-refractivity contribution is 5.74. The lowest BCUT2D eigenvalue weighted by Gasteiger charge is -2.21. The molecule has 0 fully saturated rings. The highest BCUT2D eigenvalue weighted by Crippen LogP contribution is 2.11. The summed E-state index contributed by atoms with van der Waals surface area (Å²) in [4.78, 5) is 11.4. The summed E-state index contributed by atoms with van der Waals surface area (Å²) in [5.74, 6) is 0.242. The van der Waals surface area contributed by atoms with Crippen LogP contribution in [-0.4, -0.2) is 43.5 Å². The lowest BCUT2D eigenvalue weighted by molar-refractivity contribution is 0.102. The third-order valence-electron chi connectivity index (χ3n) is 2.86. The first kappa shape index (κ1) is 16.2. The molecule has 0 aromatic rings. The number of urea groups is 1. The summed E-state index contributed by atoms with van der Waals surface area (Å²) in [6.07, 6.45) is 1.36. The van der Waals surface area contributed by atoms with Crippen molar-refractivity contribution in [3.05, 3.63) is 0 Å². The van der Waals surface area contributed by atoms with Gasteiger partial charge in [0.25, 0.3) is 0 Å². The van der Waals surface area contributed by atoms with Crippen LogP contribution in [0, 0.1) is 5.92 Å². The Morgan fingerprint density at radius 3 is 2.41 bits per heavy atom. The minimum atomic E-state index is -0.478. The highest BCUT2D eigenvalue weighted by Gasteiger charge is 2.16. The fraction of sp³-hybridized carbons (Fsp3) is 0.917. The molecule has 0 radical (unpaired) electrons. The molecule has 0 heterocycles. The first-order valence-electron chi connectivity index (χ1n) is 6.26. The number of carbonyl (C=O) groups excluding carboxylic acids is 1. The summed E-state index contributed by atoms with van der Waals surface area (Å²) in [5, 5.41) is 15.2. The van der Waals surface area contributed by atoms with E-state index in [0.29, 0.717) is 6.61 Å². The Bertz CT molecular complexity index is 208. The third kappa shape index (κ3) is 7.18. The van der Waals surface area contributed by atoms with Crippen molar-refractivity contribution in [3.8, 4) is 0 Å². The van der Waals surface area contributed by atoms with Gasteiger partial charge in [-0.15, -0.1) is 0 Å². The van der Waals surface area contributed by atoms with E-state index in [2.05, 4.69) is 10.6 Å². The normalized spacial score (nSPS) is 14.5. The maximum atomic E-state index is 11.4. The van der Waals surface area contributed by atoms with Gasteiger partial charge in [-0.25, -0.2) is 4.79 Å². The molecule has 5 nitrogen and oxygen atoms in total. The van der Waals surface area contributed by atoms with Gasteiger partial charge in [-0.1, -0.05) is 26.7 Å². The van der Waals surface area contributed by atoms with Gasteiger partial charge < -0.3 is 20.5 Å². The van der Waals surface area contributed by atoms with Crippen molar-refractivity contribution >= 4 is 6.03 Å². The lowest BCUT2D eigenvalue weighted by atomic mass is 9.97. The zero-order valence-electron chi connectivity index (χ0n) is 11.3. The molecule has 0 aromatic heterocycles. The van der Waals surface area contributed by atoms with E-state index in [1.165, 1.54) is 0 Å². The summed E-state index contributed by atoms with van der Waals surface area (Å²) < 4.78 is 4.91. The monoisotopic (exact) mass is 246 g/mol. The van der Waals surface area contributed by atoms with Crippen LogP contribution in [0.1, 0.15) is 33.6 Å². The van der Waals surface area contributed by atoms with Crippen molar-refractivity contribution in [2.75, 3.05) is 20.3 Å². The molecule has 0 bridgehead atoms. The smallest absolute Gasteiger partial charge is 0.315 e. The van der Waals surface area contributed by atoms with Crippen molar-refractivity contribution in [1.29, 1.82) is 0 Å². The molecule has 2 amide bonds. The third-order valence-corrected chi connectivity index (χ3v) is 2.86. The fourth-order valence-electron chi connectivity index (χ4n) is 1.76. The maximum Gasteiger partial charge on any atom is 0.315 e. The zero-order chi connectivity index (χ0) is 13.3. The van der Waals surface area contributed by atoms with Crippen molar-refractivity contribution in [3.63, 3.8) is 0 Å². The highest BCUT2D eigenvalue weighted by atomic mass is 16.5. The Morgan fingerprint density at radius 2 is 1.94 bits per heavy atom. The van der Waals surface area contributed by atoms with Crippen LogP contribution >= 0.6 is 0 Å². The van der Waals surface area contributed by atoms with Crippen LogP contribution in [0.15, 0.2) is 0 Å². The van der Waals surface area contributed by atoms with E-state index in [4.69, 9.17) is 4.74 Å². The Balaban J connectivity index is 3.83. The molecule has 0 aliphatic heterocycles. The molecule has 0 aromatic carbocycles.